The molecule has 2 rings (SSSR count). The first kappa shape index (κ1) is 38.2. The van der Waals surface area contributed by atoms with Crippen LogP contribution in [0, 0.1) is 0 Å². The fourth-order valence-corrected chi connectivity index (χ4v) is 5.33. The van der Waals surface area contributed by atoms with E-state index in [-0.39, 0.29) is 42.4 Å². The summed E-state index contributed by atoms with van der Waals surface area (Å²) in [5, 5.41) is -6.63. The lowest BCUT2D eigenvalue weighted by Gasteiger charge is -2.50. The molecule has 2 aliphatic rings. The van der Waals surface area contributed by atoms with Crippen LogP contribution in [-0.4, -0.2) is 101 Å². The number of halogens is 9. The van der Waals surface area contributed by atoms with Crippen molar-refractivity contribution in [1.82, 2.24) is 0 Å². The van der Waals surface area contributed by atoms with E-state index >= 15 is 0 Å². The van der Waals surface area contributed by atoms with Crippen LogP contribution in [0.25, 0.3) is 0 Å². The van der Waals surface area contributed by atoms with Crippen LogP contribution >= 0.6 is 22.6 Å². The monoisotopic (exact) mass is 784 g/mol. The van der Waals surface area contributed by atoms with Gasteiger partial charge < -0.3 is 28.4 Å². The zero-order valence-electron chi connectivity index (χ0n) is 23.3. The van der Waals surface area contributed by atoms with E-state index in [2.05, 4.69) is 8.92 Å². The smallest absolute Gasteiger partial charge is 0.356 e. The maximum atomic E-state index is 14.7. The number of hydrogen-bond acceptors (Lipinski definition) is 10. The van der Waals surface area contributed by atoms with Crippen molar-refractivity contribution >= 4 is 40.8 Å². The maximum absolute atomic E-state index is 14.7. The highest BCUT2D eigenvalue weighted by atomic mass is 127. The molecule has 0 aromatic carbocycles. The van der Waals surface area contributed by atoms with Crippen LogP contribution in [0.4, 0.5) is 35.1 Å². The summed E-state index contributed by atoms with van der Waals surface area (Å²) in [4.78, 5) is 0. The van der Waals surface area contributed by atoms with Crippen LogP contribution in [0.3, 0.4) is 0 Å². The standard InChI is InChI=1S/C21H33F8IO10SSi/c1-7-33-11-35-14-13-12(10-36-17(2,3)38-13)37-16(34-8-9-42(4,5)6)15(14)39-41(31,32)21(28,29)20(26,27)40-19(24,25)18(22,23)30/h12-16H,7-11H2,1-6H3/t12?,13-,14?,15?,16-/m1/s1. The van der Waals surface area contributed by atoms with Crippen molar-refractivity contribution in [1.29, 1.82) is 0 Å². The minimum Gasteiger partial charge on any atom is -0.356 e. The minimum absolute atomic E-state index is 0.0734. The van der Waals surface area contributed by atoms with Crippen molar-refractivity contribution in [2.45, 2.75) is 104 Å². The largest absolute Gasteiger partial charge is 0.460 e. The third-order valence-electron chi connectivity index (χ3n) is 5.77. The molecule has 0 aliphatic carbocycles. The fraction of sp³-hybridized carbons (Fsp3) is 1.00. The van der Waals surface area contributed by atoms with Crippen LogP contribution in [0.15, 0.2) is 0 Å². The maximum Gasteiger partial charge on any atom is 0.460 e. The quantitative estimate of drug-likeness (QED) is 0.0422. The lowest BCUT2D eigenvalue weighted by Crippen LogP contribution is -2.67. The van der Waals surface area contributed by atoms with Crippen LogP contribution in [0.2, 0.25) is 25.7 Å². The average molecular weight is 785 g/mol. The van der Waals surface area contributed by atoms with E-state index < -0.39 is 82.9 Å². The van der Waals surface area contributed by atoms with Gasteiger partial charge in [0.05, 0.1) is 6.61 Å². The Morgan fingerprint density at radius 1 is 0.976 bits per heavy atom. The average Bonchev–Trinajstić information content (AvgIpc) is 2.78. The van der Waals surface area contributed by atoms with Gasteiger partial charge in [-0.15, -0.1) is 0 Å². The molecule has 0 amide bonds. The molecular weight excluding hydrogens is 751 g/mol. The summed E-state index contributed by atoms with van der Waals surface area (Å²) in [6.45, 7) is 9.45. The molecule has 3 unspecified atom stereocenters. The molecule has 0 N–H and O–H groups in total. The van der Waals surface area contributed by atoms with E-state index in [0.29, 0.717) is 6.04 Å². The molecule has 5 atom stereocenters. The van der Waals surface area contributed by atoms with Crippen LogP contribution in [0.1, 0.15) is 20.8 Å². The van der Waals surface area contributed by atoms with E-state index in [9.17, 15) is 43.5 Å². The summed E-state index contributed by atoms with van der Waals surface area (Å²) < 4.78 is 171. The van der Waals surface area contributed by atoms with Gasteiger partial charge in [0.25, 0.3) is 0 Å². The van der Waals surface area contributed by atoms with Gasteiger partial charge in [-0.2, -0.15) is 43.5 Å². The second kappa shape index (κ2) is 13.4. The highest BCUT2D eigenvalue weighted by Gasteiger charge is 2.75. The zero-order valence-corrected chi connectivity index (χ0v) is 27.3. The van der Waals surface area contributed by atoms with Gasteiger partial charge in [-0.3, -0.25) is 4.18 Å². The molecule has 2 heterocycles. The highest BCUT2D eigenvalue weighted by molar-refractivity contribution is 14.1. The third kappa shape index (κ3) is 9.28. The predicted octanol–water partition coefficient (Wildman–Crippen LogP) is 5.13. The summed E-state index contributed by atoms with van der Waals surface area (Å²) in [6.07, 6.45) is -21.3. The van der Waals surface area contributed by atoms with Crippen molar-refractivity contribution in [3.63, 3.8) is 0 Å². The van der Waals surface area contributed by atoms with Crippen molar-refractivity contribution in [2.24, 2.45) is 0 Å². The Kier molecular flexibility index (Phi) is 12.2. The molecule has 0 radical (unpaired) electrons. The van der Waals surface area contributed by atoms with Gasteiger partial charge in [0.1, 0.15) is 25.1 Å². The van der Waals surface area contributed by atoms with E-state index in [1.54, 1.807) is 6.92 Å². The van der Waals surface area contributed by atoms with Crippen molar-refractivity contribution < 1.29 is 80.9 Å². The first-order valence-corrected chi connectivity index (χ1v) is 18.6. The van der Waals surface area contributed by atoms with Crippen LogP contribution < -0.4 is 0 Å². The van der Waals surface area contributed by atoms with Crippen LogP contribution in [0.5, 0.6) is 0 Å². The molecule has 0 aromatic rings. The number of fused-ring (bicyclic) bond motifs is 1. The van der Waals surface area contributed by atoms with Gasteiger partial charge >= 0.3 is 31.5 Å². The van der Waals surface area contributed by atoms with E-state index in [1.807, 2.05) is 19.6 Å². The third-order valence-corrected chi connectivity index (χ3v) is 9.44. The topological polar surface area (TPSA) is 108 Å². The normalized spacial score (nSPS) is 28.0. The Morgan fingerprint density at radius 3 is 2.10 bits per heavy atom. The molecule has 2 aliphatic heterocycles. The van der Waals surface area contributed by atoms with E-state index in [0.717, 1.165) is 0 Å². The van der Waals surface area contributed by atoms with E-state index in [1.165, 1.54) is 13.8 Å². The summed E-state index contributed by atoms with van der Waals surface area (Å²) in [5.74, 6) is -1.35. The zero-order chi connectivity index (χ0) is 32.6. The molecular formula is C21H33F8IO10SSi. The molecule has 2 fully saturated rings. The molecule has 250 valence electrons. The van der Waals surface area contributed by atoms with Gasteiger partial charge in [-0.1, -0.05) is 19.6 Å². The van der Waals surface area contributed by atoms with Gasteiger partial charge in [-0.05, 0) is 26.8 Å². The number of hydrogen-bond donors (Lipinski definition) is 0. The van der Waals surface area contributed by atoms with Gasteiger partial charge in [0.2, 0.25) is 0 Å². The second-order valence-electron chi connectivity index (χ2n) is 10.9. The van der Waals surface area contributed by atoms with Gasteiger partial charge in [-0.25, -0.2) is 4.74 Å². The Hall–Kier alpha value is 0.0169. The Labute approximate surface area is 252 Å². The molecule has 21 heteroatoms. The molecule has 42 heavy (non-hydrogen) atoms. The van der Waals surface area contributed by atoms with Crippen molar-refractivity contribution in [2.75, 3.05) is 26.6 Å². The summed E-state index contributed by atoms with van der Waals surface area (Å²) >= 11 is -0.338. The SMILES string of the molecule is CCOCOC1C(OS(=O)(=O)C(F)(F)C(F)(F)OC(F)(F)C(F)(F)I)[C@H](OCC[Si](C)(C)C)OC2COC(C)(C)O[C@H]21. The molecule has 0 spiro atoms. The Bertz CT molecular complexity index is 1010. The lowest BCUT2D eigenvalue weighted by molar-refractivity contribution is -0.439. The molecule has 0 saturated carbocycles. The Balaban J connectivity index is 2.50. The second-order valence-corrected chi connectivity index (χ2v) is 19.5. The van der Waals surface area contributed by atoms with Gasteiger partial charge in [0.15, 0.2) is 18.2 Å². The predicted molar refractivity (Wildman–Crippen MR) is 138 cm³/mol. The van der Waals surface area contributed by atoms with Crippen molar-refractivity contribution in [3.05, 3.63) is 0 Å². The fourth-order valence-electron chi connectivity index (χ4n) is 3.55. The minimum atomic E-state index is -7.00. The molecule has 0 aromatic heterocycles. The first-order chi connectivity index (χ1) is 18.8. The molecule has 10 nitrogen and oxygen atoms in total. The van der Waals surface area contributed by atoms with Crippen LogP contribution in [-0.2, 0) is 47.5 Å². The summed E-state index contributed by atoms with van der Waals surface area (Å²) in [6, 6.07) is 0.437. The first-order valence-electron chi connectivity index (χ1n) is 12.4. The number of alkyl halides is 9. The lowest BCUT2D eigenvalue weighted by atomic mass is 9.97. The summed E-state index contributed by atoms with van der Waals surface area (Å²) in [5.41, 5.74) is 0. The molecule has 0 bridgehead atoms. The Morgan fingerprint density at radius 2 is 1.57 bits per heavy atom. The highest BCUT2D eigenvalue weighted by Crippen LogP contribution is 2.50. The van der Waals surface area contributed by atoms with E-state index in [4.69, 9.17) is 28.4 Å². The molecule has 2 saturated heterocycles. The van der Waals surface area contributed by atoms with Gasteiger partial charge in [0, 0.05) is 43.9 Å². The summed E-state index contributed by atoms with van der Waals surface area (Å²) in [7, 11) is -8.81. The number of ether oxygens (including phenoxy) is 7. The van der Waals surface area contributed by atoms with Crippen molar-refractivity contribution in [3.8, 4) is 0 Å². The number of rotatable bonds is 15.